The Morgan fingerprint density at radius 3 is 1.49 bits per heavy atom. The number of aliphatic imine (C=N–C) groups is 2. The largest absolute Gasteiger partial charge is 3.00 e. The minimum Gasteiger partial charge on any atom is -0.741 e. The second kappa shape index (κ2) is 21.0. The van der Waals surface area contributed by atoms with Gasteiger partial charge in [-0.3, -0.25) is 30.8 Å². The van der Waals surface area contributed by atoms with Crippen LogP contribution in [0.1, 0.15) is 25.2 Å². The van der Waals surface area contributed by atoms with Gasteiger partial charge in [-0.25, -0.2) is 0 Å². The fraction of sp³-hybridized carbons (Fsp3) is 0.222. The van der Waals surface area contributed by atoms with Gasteiger partial charge in [-0.2, -0.15) is 10.2 Å². The summed E-state index contributed by atoms with van der Waals surface area (Å²) in [6.07, 6.45) is 3.29. The smallest absolute Gasteiger partial charge is 0.741 e. The minimum absolute atomic E-state index is 0. The fourth-order valence-electron chi connectivity index (χ4n) is 1.72. The van der Waals surface area contributed by atoms with Crippen LogP contribution in [0.2, 0.25) is 0 Å². The van der Waals surface area contributed by atoms with Crippen molar-refractivity contribution < 1.29 is 5.09 Å². The number of amidine groups is 4. The average molecular weight is 576 g/mol. The van der Waals surface area contributed by atoms with E-state index in [2.05, 4.69) is 41.0 Å². The minimum atomic E-state index is -1.75. The number of nitrogens with zero attached hydrogens (tertiary/aromatic N) is 7. The van der Waals surface area contributed by atoms with E-state index >= 15 is 0 Å². The van der Waals surface area contributed by atoms with Gasteiger partial charge in [-0.1, -0.05) is 12.1 Å². The first-order valence-corrected chi connectivity index (χ1v) is 10.3. The average Bonchev–Trinajstić information content (AvgIpc) is 2.82. The summed E-state index contributed by atoms with van der Waals surface area (Å²) in [5.41, 5.74) is 17.7. The van der Waals surface area contributed by atoms with Crippen LogP contribution in [-0.4, -0.2) is 69.9 Å². The van der Waals surface area contributed by atoms with Gasteiger partial charge >= 0.3 is 19.8 Å². The number of nitrogens with two attached hydrogens (primary N) is 2. The molecule has 6 N–H and O–H groups in total. The third-order valence-corrected chi connectivity index (χ3v) is 3.44. The standard InChI is InChI=1S/2C9H13N5S.Ga.NO3/c2*1-2-11-9(15)14-13-8(10)7-5-3-4-6-12-7;;2-1(3)4/h2*3-6H,2H2,1H3,(H2,10,13)(H2,11,14,15);;/q;;+3;-1/p-2. The van der Waals surface area contributed by atoms with E-state index in [0.717, 1.165) is 0 Å². The number of nitrogens with one attached hydrogen (secondary N) is 2. The molecule has 0 aromatic carbocycles. The van der Waals surface area contributed by atoms with E-state index in [1.165, 1.54) is 0 Å². The van der Waals surface area contributed by atoms with Gasteiger partial charge in [0.05, 0.1) is 5.09 Å². The van der Waals surface area contributed by atoms with Crippen molar-refractivity contribution in [3.05, 3.63) is 75.5 Å². The van der Waals surface area contributed by atoms with E-state index in [9.17, 15) is 0 Å². The molecule has 0 saturated carbocycles. The molecule has 0 aliphatic rings. The summed E-state index contributed by atoms with van der Waals surface area (Å²) in [7, 11) is 0. The molecule has 2 rings (SSSR count). The van der Waals surface area contributed by atoms with Crippen molar-refractivity contribution in [2.24, 2.45) is 31.7 Å². The molecular weight excluding hydrogens is 552 g/mol. The molecule has 2 aromatic heterocycles. The molecule has 0 unspecified atom stereocenters. The summed E-state index contributed by atoms with van der Waals surface area (Å²) < 4.78 is 0. The summed E-state index contributed by atoms with van der Waals surface area (Å²) in [5, 5.41) is 23.1. The van der Waals surface area contributed by atoms with Crippen molar-refractivity contribution >= 4 is 67.1 Å². The van der Waals surface area contributed by atoms with Gasteiger partial charge in [0.15, 0.2) is 11.7 Å². The summed E-state index contributed by atoms with van der Waals surface area (Å²) in [6.45, 7) is 5.01. The van der Waals surface area contributed by atoms with Crippen LogP contribution in [0.3, 0.4) is 0 Å². The molecule has 0 aliphatic heterocycles. The van der Waals surface area contributed by atoms with Crippen LogP contribution < -0.4 is 22.3 Å². The number of rotatable bonds is 6. The van der Waals surface area contributed by atoms with E-state index < -0.39 is 5.09 Å². The van der Waals surface area contributed by atoms with Crippen LogP contribution in [0, 0.1) is 15.3 Å². The quantitative estimate of drug-likeness (QED) is 0.0882. The number of aromatic nitrogens is 2. The molecule has 2 aromatic rings. The monoisotopic (exact) mass is 575 g/mol. The van der Waals surface area contributed by atoms with Gasteiger partial charge in [0.25, 0.3) is 0 Å². The van der Waals surface area contributed by atoms with Crippen LogP contribution in [0.4, 0.5) is 0 Å². The van der Waals surface area contributed by atoms with E-state index in [1.54, 1.807) is 36.7 Å². The van der Waals surface area contributed by atoms with Crippen molar-refractivity contribution in [3.63, 3.8) is 0 Å². The van der Waals surface area contributed by atoms with Crippen molar-refractivity contribution in [2.45, 2.75) is 13.8 Å². The van der Waals surface area contributed by atoms with Crippen molar-refractivity contribution in [1.29, 1.82) is 0 Å². The van der Waals surface area contributed by atoms with E-state index in [-0.39, 0.29) is 31.5 Å². The zero-order valence-corrected chi connectivity index (χ0v) is 23.0. The van der Waals surface area contributed by atoms with Crippen LogP contribution in [-0.2, 0) is 25.3 Å². The van der Waals surface area contributed by atoms with Crippen LogP contribution in [0.25, 0.3) is 0 Å². The maximum atomic E-state index is 8.25. The van der Waals surface area contributed by atoms with Crippen LogP contribution in [0.5, 0.6) is 0 Å². The Kier molecular flexibility index (Phi) is 20.2. The van der Waals surface area contributed by atoms with Gasteiger partial charge in [0, 0.05) is 25.5 Å². The van der Waals surface area contributed by atoms with Gasteiger partial charge in [0.1, 0.15) is 11.4 Å². The summed E-state index contributed by atoms with van der Waals surface area (Å²) in [4.78, 5) is 24.2. The van der Waals surface area contributed by atoms with Crippen molar-refractivity contribution in [2.75, 3.05) is 13.1 Å². The normalized spacial score (nSPS) is 11.5. The molecule has 0 atom stereocenters. The first-order valence-electron chi connectivity index (χ1n) is 9.46. The van der Waals surface area contributed by atoms with E-state index in [4.69, 9.17) is 52.0 Å². The Morgan fingerprint density at radius 1 is 0.886 bits per heavy atom. The Morgan fingerprint density at radius 2 is 1.23 bits per heavy atom. The van der Waals surface area contributed by atoms with Gasteiger partial charge < -0.3 is 52.0 Å². The maximum absolute atomic E-state index is 8.25. The molecule has 2 heterocycles. The summed E-state index contributed by atoms with van der Waals surface area (Å²) in [5.74, 6) is 0.563. The molecule has 0 spiro atoms. The molecule has 0 aliphatic carbocycles. The Labute approximate surface area is 226 Å². The molecule has 184 valence electrons. The molecule has 0 amide bonds. The second-order valence-corrected chi connectivity index (χ2v) is 6.20. The van der Waals surface area contributed by atoms with Crippen LogP contribution >= 0.6 is 0 Å². The topological polar surface area (TPSA) is 218 Å². The Balaban J connectivity index is 0. The molecule has 0 radical (unpaired) electrons. The fourth-order valence-corrected chi connectivity index (χ4v) is 2.07. The Bertz CT molecular complexity index is 901. The first-order chi connectivity index (χ1) is 16.2. The summed E-state index contributed by atoms with van der Waals surface area (Å²) in [6, 6.07) is 10.8. The van der Waals surface area contributed by atoms with E-state index in [0.29, 0.717) is 34.8 Å². The number of hydrogen-bond acceptors (Lipinski definition) is 11. The van der Waals surface area contributed by atoms with Crippen molar-refractivity contribution in [3.8, 4) is 0 Å². The van der Waals surface area contributed by atoms with Crippen molar-refractivity contribution in [1.82, 2.24) is 20.8 Å². The Hall–Kier alpha value is -3.54. The van der Waals surface area contributed by atoms with Gasteiger partial charge in [-0.05, 0) is 48.4 Å². The second-order valence-electron chi connectivity index (χ2n) is 5.43. The zero-order valence-electron chi connectivity index (χ0n) is 18.9. The van der Waals surface area contributed by atoms with Crippen LogP contribution in [0.15, 0.2) is 69.0 Å². The summed E-state index contributed by atoms with van der Waals surface area (Å²) >= 11 is 9.72. The molecule has 0 saturated heterocycles. The third kappa shape index (κ3) is 18.6. The molecule has 0 fully saturated rings. The molecule has 17 heteroatoms. The van der Waals surface area contributed by atoms with Gasteiger partial charge in [0.2, 0.25) is 0 Å². The molecule has 35 heavy (non-hydrogen) atoms. The predicted octanol–water partition coefficient (Wildman–Crippen LogP) is -0.191. The first kappa shape index (κ1) is 33.6. The number of hydrogen-bond donors (Lipinski definition) is 4. The molecule has 0 bridgehead atoms. The zero-order chi connectivity index (χ0) is 25.8. The third-order valence-electron chi connectivity index (χ3n) is 3.00. The SMILES string of the molecule is CCN=C([S-])N/N=C(\N)c1ccccn1.CCN=C([S-])N/N=C(\N)c1ccccn1.O=[N+]([O-])[O-].[Ga+3]. The van der Waals surface area contributed by atoms with E-state index in [1.807, 2.05) is 26.0 Å². The number of hydrazone groups is 2. The molecule has 14 nitrogen and oxygen atoms in total. The maximum Gasteiger partial charge on any atom is 3.00 e. The van der Waals surface area contributed by atoms with Gasteiger partial charge in [-0.15, -0.1) is 0 Å². The predicted molar refractivity (Wildman–Crippen MR) is 143 cm³/mol. The molecular formula is C18H24GaN11O3S2. The number of pyridine rings is 2.